The number of benzene rings is 2. The molecule has 2 aromatic carbocycles. The SMILES string of the molecule is C[C@@H]1C(C(=O)c2ccccc2)=C(c2ccccc2)O[C@H]1[C@@H](C)I. The van der Waals surface area contributed by atoms with Gasteiger partial charge in [0.15, 0.2) is 5.78 Å². The van der Waals surface area contributed by atoms with Crippen LogP contribution in [-0.2, 0) is 4.74 Å². The van der Waals surface area contributed by atoms with Crippen LogP contribution < -0.4 is 0 Å². The predicted octanol–water partition coefficient (Wildman–Crippen LogP) is 5.14. The molecule has 1 heterocycles. The van der Waals surface area contributed by atoms with Crippen molar-refractivity contribution in [2.75, 3.05) is 0 Å². The molecule has 0 bridgehead atoms. The average molecular weight is 418 g/mol. The van der Waals surface area contributed by atoms with Gasteiger partial charge < -0.3 is 4.74 Å². The van der Waals surface area contributed by atoms with E-state index in [0.29, 0.717) is 9.49 Å². The Morgan fingerprint density at radius 2 is 1.61 bits per heavy atom. The summed E-state index contributed by atoms with van der Waals surface area (Å²) in [6.45, 7) is 4.21. The fraction of sp³-hybridized carbons (Fsp3) is 0.250. The van der Waals surface area contributed by atoms with Crippen LogP contribution in [0.15, 0.2) is 66.2 Å². The first-order valence-electron chi connectivity index (χ1n) is 7.79. The van der Waals surface area contributed by atoms with E-state index in [0.717, 1.165) is 16.9 Å². The Labute approximate surface area is 150 Å². The van der Waals surface area contributed by atoms with Crippen molar-refractivity contribution in [3.63, 3.8) is 0 Å². The van der Waals surface area contributed by atoms with Gasteiger partial charge in [-0.25, -0.2) is 0 Å². The third kappa shape index (κ3) is 3.20. The number of Topliss-reactive ketones (excluding diaryl/α,β-unsaturated/α-hetero) is 1. The molecule has 3 rings (SSSR count). The zero-order valence-corrected chi connectivity index (χ0v) is 15.4. The molecule has 2 nitrogen and oxygen atoms in total. The molecule has 3 heteroatoms. The van der Waals surface area contributed by atoms with Crippen LogP contribution in [-0.4, -0.2) is 15.8 Å². The van der Waals surface area contributed by atoms with Gasteiger partial charge in [0.05, 0.1) is 0 Å². The lowest BCUT2D eigenvalue weighted by Gasteiger charge is -2.19. The normalized spacial score (nSPS) is 21.9. The van der Waals surface area contributed by atoms with Crippen LogP contribution >= 0.6 is 22.6 Å². The van der Waals surface area contributed by atoms with E-state index >= 15 is 0 Å². The molecule has 0 fully saturated rings. The van der Waals surface area contributed by atoms with Crippen molar-refractivity contribution in [3.05, 3.63) is 77.4 Å². The zero-order chi connectivity index (χ0) is 16.4. The molecule has 0 radical (unpaired) electrons. The van der Waals surface area contributed by atoms with Crippen LogP contribution in [0.1, 0.15) is 29.8 Å². The lowest BCUT2D eigenvalue weighted by molar-refractivity contribution is 0.101. The molecular formula is C20H19IO2. The number of halogens is 1. The molecule has 0 saturated carbocycles. The molecule has 1 aliphatic heterocycles. The van der Waals surface area contributed by atoms with Crippen molar-refractivity contribution in [1.82, 2.24) is 0 Å². The molecule has 2 aromatic rings. The quantitative estimate of drug-likeness (QED) is 0.391. The zero-order valence-electron chi connectivity index (χ0n) is 13.2. The second-order valence-corrected chi connectivity index (χ2v) is 7.82. The lowest BCUT2D eigenvalue weighted by atomic mass is 9.88. The Kier molecular flexibility index (Phi) is 4.85. The summed E-state index contributed by atoms with van der Waals surface area (Å²) in [5.74, 6) is 0.877. The third-order valence-electron chi connectivity index (χ3n) is 4.22. The third-order valence-corrected chi connectivity index (χ3v) is 4.92. The summed E-state index contributed by atoms with van der Waals surface area (Å²) in [6.07, 6.45) is 0.0217. The van der Waals surface area contributed by atoms with Gasteiger partial charge in [-0.05, 0) is 6.92 Å². The maximum Gasteiger partial charge on any atom is 0.193 e. The number of carbonyl (C=O) groups excluding carboxylic acids is 1. The van der Waals surface area contributed by atoms with Gasteiger partial charge in [0.1, 0.15) is 11.9 Å². The number of hydrogen-bond acceptors (Lipinski definition) is 2. The Morgan fingerprint density at radius 1 is 1.04 bits per heavy atom. The topological polar surface area (TPSA) is 26.3 Å². The van der Waals surface area contributed by atoms with Crippen molar-refractivity contribution in [1.29, 1.82) is 0 Å². The van der Waals surface area contributed by atoms with Gasteiger partial charge >= 0.3 is 0 Å². The van der Waals surface area contributed by atoms with Crippen LogP contribution in [0, 0.1) is 5.92 Å². The highest BCUT2D eigenvalue weighted by Gasteiger charge is 2.39. The number of hydrogen-bond donors (Lipinski definition) is 0. The number of ether oxygens (including phenoxy) is 1. The van der Waals surface area contributed by atoms with Crippen LogP contribution in [0.5, 0.6) is 0 Å². The first-order valence-corrected chi connectivity index (χ1v) is 9.04. The molecular weight excluding hydrogens is 399 g/mol. The van der Waals surface area contributed by atoms with Crippen molar-refractivity contribution >= 4 is 34.1 Å². The van der Waals surface area contributed by atoms with E-state index in [4.69, 9.17) is 4.74 Å². The monoisotopic (exact) mass is 418 g/mol. The van der Waals surface area contributed by atoms with E-state index in [1.54, 1.807) is 0 Å². The molecule has 23 heavy (non-hydrogen) atoms. The van der Waals surface area contributed by atoms with E-state index in [9.17, 15) is 4.79 Å². The van der Waals surface area contributed by atoms with Gasteiger partial charge in [-0.2, -0.15) is 0 Å². The maximum atomic E-state index is 13.1. The molecule has 0 N–H and O–H groups in total. The molecule has 0 amide bonds. The average Bonchev–Trinajstić information content (AvgIpc) is 2.93. The van der Waals surface area contributed by atoms with E-state index in [-0.39, 0.29) is 17.8 Å². The van der Waals surface area contributed by atoms with Gasteiger partial charge in [-0.1, -0.05) is 90.2 Å². The summed E-state index contributed by atoms with van der Waals surface area (Å²) >= 11 is 2.37. The predicted molar refractivity (Wildman–Crippen MR) is 102 cm³/mol. The number of ketones is 1. The van der Waals surface area contributed by atoms with Crippen LogP contribution in [0.2, 0.25) is 0 Å². The smallest absolute Gasteiger partial charge is 0.193 e. The molecule has 3 atom stereocenters. The Bertz CT molecular complexity index is 720. The van der Waals surface area contributed by atoms with E-state index in [2.05, 4.69) is 36.4 Å². The minimum Gasteiger partial charge on any atom is -0.488 e. The number of carbonyl (C=O) groups is 1. The minimum atomic E-state index is 0.0217. The highest BCUT2D eigenvalue weighted by Crippen LogP contribution is 2.41. The summed E-state index contributed by atoms with van der Waals surface area (Å²) in [5, 5.41) is 0. The largest absolute Gasteiger partial charge is 0.488 e. The van der Waals surface area contributed by atoms with Gasteiger partial charge in [-0.3, -0.25) is 4.79 Å². The Morgan fingerprint density at radius 3 is 2.17 bits per heavy atom. The highest BCUT2D eigenvalue weighted by molar-refractivity contribution is 14.1. The van der Waals surface area contributed by atoms with E-state index < -0.39 is 0 Å². The minimum absolute atomic E-state index is 0.0217. The Balaban J connectivity index is 2.08. The number of rotatable bonds is 4. The Hall–Kier alpha value is -1.62. The van der Waals surface area contributed by atoms with Crippen molar-refractivity contribution in [2.24, 2.45) is 5.92 Å². The van der Waals surface area contributed by atoms with E-state index in [1.165, 1.54) is 0 Å². The van der Waals surface area contributed by atoms with Crippen LogP contribution in [0.3, 0.4) is 0 Å². The number of alkyl halides is 1. The summed E-state index contributed by atoms with van der Waals surface area (Å²) in [7, 11) is 0. The first kappa shape index (κ1) is 16.2. The lowest BCUT2D eigenvalue weighted by Crippen LogP contribution is -2.26. The molecule has 0 saturated heterocycles. The molecule has 118 valence electrons. The molecule has 0 aromatic heterocycles. The van der Waals surface area contributed by atoms with Gasteiger partial charge in [0.25, 0.3) is 0 Å². The molecule has 0 spiro atoms. The van der Waals surface area contributed by atoms with Gasteiger partial charge in [0.2, 0.25) is 0 Å². The van der Waals surface area contributed by atoms with Crippen molar-refractivity contribution < 1.29 is 9.53 Å². The summed E-state index contributed by atoms with van der Waals surface area (Å²) in [6, 6.07) is 19.4. The molecule has 0 aliphatic carbocycles. The summed E-state index contributed by atoms with van der Waals surface area (Å²) < 4.78 is 6.55. The maximum absolute atomic E-state index is 13.1. The second-order valence-electron chi connectivity index (χ2n) is 5.85. The summed E-state index contributed by atoms with van der Waals surface area (Å²) in [5.41, 5.74) is 2.47. The fourth-order valence-corrected chi connectivity index (χ4v) is 3.80. The molecule has 0 unspecified atom stereocenters. The van der Waals surface area contributed by atoms with E-state index in [1.807, 2.05) is 60.7 Å². The van der Waals surface area contributed by atoms with Crippen molar-refractivity contribution in [2.45, 2.75) is 23.9 Å². The van der Waals surface area contributed by atoms with Crippen LogP contribution in [0.25, 0.3) is 5.76 Å². The standard InChI is InChI=1S/C20H19IO2/c1-13-17(18(22)15-9-5-3-6-10-15)20(23-19(13)14(2)21)16-11-7-4-8-12-16/h3-14,19H,1-2H3/t13-,14-,19-/m1/s1. The van der Waals surface area contributed by atoms with Gasteiger partial charge in [0, 0.05) is 26.5 Å². The van der Waals surface area contributed by atoms with Crippen molar-refractivity contribution in [3.8, 4) is 0 Å². The van der Waals surface area contributed by atoms with Gasteiger partial charge in [-0.15, -0.1) is 0 Å². The second kappa shape index (κ2) is 6.87. The fourth-order valence-electron chi connectivity index (χ4n) is 3.03. The van der Waals surface area contributed by atoms with Crippen LogP contribution in [0.4, 0.5) is 0 Å². The highest BCUT2D eigenvalue weighted by atomic mass is 127. The first-order chi connectivity index (χ1) is 11.1. The molecule has 1 aliphatic rings. The summed E-state index contributed by atoms with van der Waals surface area (Å²) in [4.78, 5) is 13.1.